The summed E-state index contributed by atoms with van der Waals surface area (Å²) in [5, 5.41) is 0. The second-order valence-electron chi connectivity index (χ2n) is 14.8. The van der Waals surface area contributed by atoms with E-state index in [4.69, 9.17) is 11.1 Å². The lowest BCUT2D eigenvalue weighted by Crippen LogP contribution is -2.14. The molecule has 0 spiro atoms. The highest BCUT2D eigenvalue weighted by Gasteiger charge is 2.15. The van der Waals surface area contributed by atoms with Crippen molar-refractivity contribution >= 4 is 24.5 Å². The lowest BCUT2D eigenvalue weighted by Gasteiger charge is -2.11. The van der Waals surface area contributed by atoms with Crippen molar-refractivity contribution in [2.45, 2.75) is 244 Å². The van der Waals surface area contributed by atoms with Gasteiger partial charge in [-0.25, -0.2) is 9.79 Å². The van der Waals surface area contributed by atoms with Crippen molar-refractivity contribution in [2.24, 2.45) is 4.99 Å². The molecule has 0 aliphatic heterocycles. The Morgan fingerprint density at radius 2 is 0.545 bits per heavy atom. The van der Waals surface area contributed by atoms with Crippen molar-refractivity contribution < 1.29 is 4.79 Å². The summed E-state index contributed by atoms with van der Waals surface area (Å²) in [6, 6.07) is 1.30. The number of unbranched alkanes of at least 4 members (excludes halogenated alkanes) is 34. The van der Waals surface area contributed by atoms with Crippen molar-refractivity contribution in [1.29, 1.82) is 0 Å². The molecule has 0 saturated carbocycles. The normalized spacial score (nSPS) is 11.7. The van der Waals surface area contributed by atoms with Gasteiger partial charge in [-0.3, -0.25) is 0 Å². The van der Waals surface area contributed by atoms with Crippen LogP contribution in [0.25, 0.3) is 0 Å². The van der Waals surface area contributed by atoms with Crippen LogP contribution in [0.2, 0.25) is 19.1 Å². The standard InChI is InChI=1S/C40H80ClNOSi/c1-44(2,41)39-37-35-33-31-29-27-25-23-21-19-17-15-13-11-9-7-5-3-4-6-8-10-12-14-16-18-20-22-24-26-28-30-32-34-36-38-42-40-43/h3-39H2,1-2H3. The quantitative estimate of drug-likeness (QED) is 0.0214. The number of carbonyl (C=O) groups excluding carboxylic acids is 1. The van der Waals surface area contributed by atoms with Gasteiger partial charge in [-0.2, -0.15) is 11.1 Å². The van der Waals surface area contributed by atoms with Crippen molar-refractivity contribution in [1.82, 2.24) is 0 Å². The number of nitrogens with zero attached hydrogens (tertiary/aromatic N) is 1. The van der Waals surface area contributed by atoms with Gasteiger partial charge < -0.3 is 0 Å². The molecule has 0 aromatic heterocycles. The third-order valence-corrected chi connectivity index (χ3v) is 11.7. The summed E-state index contributed by atoms with van der Waals surface area (Å²) >= 11 is 6.40. The van der Waals surface area contributed by atoms with Gasteiger partial charge in [-0.05, 0) is 12.5 Å². The molecular formula is C40H80ClNOSi. The molecule has 0 rings (SSSR count). The Labute approximate surface area is 283 Å². The van der Waals surface area contributed by atoms with Gasteiger partial charge in [0.15, 0.2) is 0 Å². The minimum absolute atomic E-state index is 0.668. The molecule has 0 aromatic carbocycles. The van der Waals surface area contributed by atoms with Crippen LogP contribution < -0.4 is 0 Å². The fourth-order valence-electron chi connectivity index (χ4n) is 6.62. The number of hydrogen-bond donors (Lipinski definition) is 0. The average molecular weight is 655 g/mol. The molecular weight excluding hydrogens is 574 g/mol. The van der Waals surface area contributed by atoms with Gasteiger partial charge in [0.25, 0.3) is 0 Å². The molecule has 0 bridgehead atoms. The topological polar surface area (TPSA) is 29.4 Å². The molecule has 0 radical (unpaired) electrons. The molecule has 2 nitrogen and oxygen atoms in total. The number of isocyanates is 1. The number of aliphatic imine (C=N–C) groups is 1. The maximum atomic E-state index is 10.0. The largest absolute Gasteiger partial charge is 0.234 e. The van der Waals surface area contributed by atoms with E-state index in [0.717, 1.165) is 6.42 Å². The van der Waals surface area contributed by atoms with Crippen molar-refractivity contribution in [3.63, 3.8) is 0 Å². The Morgan fingerprint density at radius 1 is 0.364 bits per heavy atom. The molecule has 0 heterocycles. The zero-order valence-electron chi connectivity index (χ0n) is 30.4. The molecule has 0 fully saturated rings. The van der Waals surface area contributed by atoms with E-state index in [1.54, 1.807) is 6.08 Å². The van der Waals surface area contributed by atoms with Gasteiger partial charge >= 0.3 is 0 Å². The molecule has 0 aromatic rings. The molecule has 0 aliphatic rings. The van der Waals surface area contributed by atoms with E-state index in [9.17, 15) is 4.79 Å². The summed E-state index contributed by atoms with van der Waals surface area (Å²) in [6.07, 6.45) is 51.6. The van der Waals surface area contributed by atoms with Crippen molar-refractivity contribution in [3.8, 4) is 0 Å². The maximum Gasteiger partial charge on any atom is 0.234 e. The average Bonchev–Trinajstić information content (AvgIpc) is 3.00. The van der Waals surface area contributed by atoms with Gasteiger partial charge in [-0.15, -0.1) is 0 Å². The predicted molar refractivity (Wildman–Crippen MR) is 203 cm³/mol. The minimum atomic E-state index is -1.32. The van der Waals surface area contributed by atoms with Gasteiger partial charge in [0.2, 0.25) is 6.08 Å². The van der Waals surface area contributed by atoms with E-state index < -0.39 is 7.38 Å². The molecule has 44 heavy (non-hydrogen) atoms. The summed E-state index contributed by atoms with van der Waals surface area (Å²) in [6.45, 7) is 5.21. The highest BCUT2D eigenvalue weighted by molar-refractivity contribution is 7.19. The Balaban J connectivity index is 3.06. The lowest BCUT2D eigenvalue weighted by atomic mass is 10.0. The fraction of sp³-hybridized carbons (Fsp3) is 0.975. The molecule has 4 heteroatoms. The Morgan fingerprint density at radius 3 is 0.727 bits per heavy atom. The highest BCUT2D eigenvalue weighted by Crippen LogP contribution is 2.20. The first-order valence-corrected chi connectivity index (χ1v) is 24.5. The summed E-state index contributed by atoms with van der Waals surface area (Å²) in [7, 11) is -1.32. The van der Waals surface area contributed by atoms with E-state index in [0.29, 0.717) is 6.54 Å². The van der Waals surface area contributed by atoms with Crippen LogP contribution in [0.1, 0.15) is 225 Å². The van der Waals surface area contributed by atoms with Gasteiger partial charge in [0, 0.05) is 0 Å². The van der Waals surface area contributed by atoms with Crippen LogP contribution in [0.4, 0.5) is 0 Å². The molecule has 0 aliphatic carbocycles. The first kappa shape index (κ1) is 43.9. The smallest absolute Gasteiger partial charge is 0.211 e. The van der Waals surface area contributed by atoms with E-state index in [2.05, 4.69) is 18.1 Å². The zero-order valence-corrected chi connectivity index (χ0v) is 32.2. The Kier molecular flexibility index (Phi) is 37.2. The Bertz CT molecular complexity index is 586. The molecule has 0 amide bonds. The summed E-state index contributed by atoms with van der Waals surface area (Å²) in [4.78, 5) is 13.6. The molecule has 262 valence electrons. The summed E-state index contributed by atoms with van der Waals surface area (Å²) in [5.41, 5.74) is 0. The van der Waals surface area contributed by atoms with Crippen LogP contribution in [0.3, 0.4) is 0 Å². The summed E-state index contributed by atoms with van der Waals surface area (Å²) in [5.74, 6) is 0. The lowest BCUT2D eigenvalue weighted by molar-refractivity contribution is 0.511. The molecule has 0 N–H and O–H groups in total. The van der Waals surface area contributed by atoms with Crippen LogP contribution in [0.15, 0.2) is 4.99 Å². The van der Waals surface area contributed by atoms with Crippen molar-refractivity contribution in [3.05, 3.63) is 0 Å². The van der Waals surface area contributed by atoms with E-state index in [-0.39, 0.29) is 0 Å². The van der Waals surface area contributed by atoms with Crippen LogP contribution in [0.5, 0.6) is 0 Å². The van der Waals surface area contributed by atoms with Gasteiger partial charge in [-0.1, -0.05) is 231 Å². The second kappa shape index (κ2) is 37.3. The predicted octanol–water partition coefficient (Wildman–Crippen LogP) is 15.4. The molecule has 0 saturated heterocycles. The third-order valence-electron chi connectivity index (χ3n) is 9.61. The van der Waals surface area contributed by atoms with Crippen LogP contribution in [-0.4, -0.2) is 20.0 Å². The van der Waals surface area contributed by atoms with Crippen LogP contribution in [0, 0.1) is 0 Å². The van der Waals surface area contributed by atoms with Gasteiger partial charge in [0.1, 0.15) is 7.38 Å². The third kappa shape index (κ3) is 41.9. The molecule has 0 atom stereocenters. The Hall–Kier alpha value is -0.113. The minimum Gasteiger partial charge on any atom is -0.211 e. The van der Waals surface area contributed by atoms with E-state index in [1.165, 1.54) is 224 Å². The number of halogens is 1. The zero-order chi connectivity index (χ0) is 32.1. The van der Waals surface area contributed by atoms with E-state index >= 15 is 0 Å². The number of rotatable bonds is 38. The highest BCUT2D eigenvalue weighted by atomic mass is 35.6. The fourth-order valence-corrected chi connectivity index (χ4v) is 8.11. The summed E-state index contributed by atoms with van der Waals surface area (Å²) < 4.78 is 0. The second-order valence-corrected chi connectivity index (χ2v) is 21.8. The van der Waals surface area contributed by atoms with Crippen molar-refractivity contribution in [2.75, 3.05) is 6.54 Å². The first-order valence-electron chi connectivity index (χ1n) is 20.3. The molecule has 0 unspecified atom stereocenters. The maximum absolute atomic E-state index is 10.0. The SMILES string of the molecule is C[Si](C)(Cl)CCCCCCCCCCCCCCCCCCCCCCCCCCCCCCCCCCCCCN=C=O. The van der Waals surface area contributed by atoms with Crippen LogP contribution in [-0.2, 0) is 4.79 Å². The monoisotopic (exact) mass is 654 g/mol. The van der Waals surface area contributed by atoms with E-state index in [1.807, 2.05) is 0 Å². The van der Waals surface area contributed by atoms with Crippen LogP contribution >= 0.6 is 11.1 Å². The van der Waals surface area contributed by atoms with Gasteiger partial charge in [0.05, 0.1) is 6.54 Å². The number of hydrogen-bond acceptors (Lipinski definition) is 2. The first-order chi connectivity index (χ1) is 21.6.